The van der Waals surface area contributed by atoms with Crippen LogP contribution in [0.15, 0.2) is 41.6 Å². The molecule has 1 aromatic carbocycles. The third kappa shape index (κ3) is 4.70. The lowest BCUT2D eigenvalue weighted by Gasteiger charge is -2.19. The highest BCUT2D eigenvalue weighted by Gasteiger charge is 2.17. The Hall–Kier alpha value is -2.60. The number of anilines is 2. The second-order valence-corrected chi connectivity index (χ2v) is 5.77. The van der Waals surface area contributed by atoms with Crippen molar-refractivity contribution < 1.29 is 19.5 Å². The highest BCUT2D eigenvalue weighted by atomic mass is 35.5. The van der Waals surface area contributed by atoms with E-state index in [2.05, 4.69) is 10.6 Å². The van der Waals surface area contributed by atoms with Crippen molar-refractivity contribution in [3.63, 3.8) is 0 Å². The van der Waals surface area contributed by atoms with E-state index in [-0.39, 0.29) is 5.78 Å². The summed E-state index contributed by atoms with van der Waals surface area (Å²) in [5.74, 6) is -1.65. The first-order valence-electron chi connectivity index (χ1n) is 7.38. The van der Waals surface area contributed by atoms with Gasteiger partial charge in [0, 0.05) is 35.5 Å². The van der Waals surface area contributed by atoms with E-state index >= 15 is 0 Å². The van der Waals surface area contributed by atoms with Gasteiger partial charge in [0.25, 0.3) is 0 Å². The minimum Gasteiger partial charge on any atom is -0.478 e. The third-order valence-electron chi connectivity index (χ3n) is 3.60. The Morgan fingerprint density at radius 1 is 1.25 bits per heavy atom. The van der Waals surface area contributed by atoms with Gasteiger partial charge in [-0.15, -0.1) is 0 Å². The molecule has 0 unspecified atom stereocenters. The number of carbonyl (C=O) groups is 3. The first kappa shape index (κ1) is 17.7. The van der Waals surface area contributed by atoms with Gasteiger partial charge in [0.2, 0.25) is 5.91 Å². The van der Waals surface area contributed by atoms with E-state index < -0.39 is 11.9 Å². The van der Waals surface area contributed by atoms with E-state index in [0.717, 1.165) is 30.7 Å². The fourth-order valence-corrected chi connectivity index (χ4v) is 2.48. The number of carboxylic acid groups (broad SMARTS) is 1. The van der Waals surface area contributed by atoms with Crippen LogP contribution in [-0.2, 0) is 14.4 Å². The number of Topliss-reactive ketones (excluding diaryl/α,β-unsaturated/α-hetero) is 1. The van der Waals surface area contributed by atoms with Crippen LogP contribution in [0.2, 0.25) is 5.02 Å². The quantitative estimate of drug-likeness (QED) is 0.709. The Morgan fingerprint density at radius 3 is 2.71 bits per heavy atom. The summed E-state index contributed by atoms with van der Waals surface area (Å²) in [6.45, 7) is 1.78. The van der Waals surface area contributed by atoms with Crippen molar-refractivity contribution in [1.29, 1.82) is 0 Å². The maximum absolute atomic E-state index is 11.8. The van der Waals surface area contributed by atoms with E-state index in [4.69, 9.17) is 16.7 Å². The summed E-state index contributed by atoms with van der Waals surface area (Å²) in [4.78, 5) is 33.8. The van der Waals surface area contributed by atoms with Crippen LogP contribution in [-0.4, -0.2) is 22.8 Å². The van der Waals surface area contributed by atoms with E-state index in [9.17, 15) is 14.4 Å². The fourth-order valence-electron chi connectivity index (χ4n) is 2.32. The zero-order chi connectivity index (χ0) is 17.7. The topological polar surface area (TPSA) is 95.5 Å². The number of amides is 1. The van der Waals surface area contributed by atoms with Gasteiger partial charge in [0.15, 0.2) is 5.78 Å². The summed E-state index contributed by atoms with van der Waals surface area (Å²) >= 11 is 6.16. The molecule has 1 amide bonds. The van der Waals surface area contributed by atoms with E-state index in [1.165, 1.54) is 0 Å². The van der Waals surface area contributed by atoms with Crippen molar-refractivity contribution in [2.45, 2.75) is 26.2 Å². The Kier molecular flexibility index (Phi) is 5.76. The number of aliphatic carboxylic acids is 1. The predicted octanol–water partition coefficient (Wildman–Crippen LogP) is 3.36. The Balaban J connectivity index is 2.17. The Morgan fingerprint density at radius 2 is 2.00 bits per heavy atom. The highest BCUT2D eigenvalue weighted by Crippen LogP contribution is 2.30. The van der Waals surface area contributed by atoms with Crippen LogP contribution in [0.5, 0.6) is 0 Å². The zero-order valence-corrected chi connectivity index (χ0v) is 13.8. The van der Waals surface area contributed by atoms with Gasteiger partial charge in [-0.2, -0.15) is 0 Å². The van der Waals surface area contributed by atoms with Gasteiger partial charge < -0.3 is 15.7 Å². The number of carbonyl (C=O) groups excluding carboxylic acids is 2. The number of allylic oxidation sites excluding steroid dienone is 2. The molecular weight excluding hydrogens is 332 g/mol. The summed E-state index contributed by atoms with van der Waals surface area (Å²) in [5.41, 5.74) is 2.54. The number of hydrogen-bond donors (Lipinski definition) is 3. The average molecular weight is 349 g/mol. The van der Waals surface area contributed by atoms with Gasteiger partial charge in [-0.05, 0) is 38.0 Å². The SMILES string of the molecule is CC1=C(Nc2cc(NC(=O)/C=C\C(=O)O)ccc2Cl)CCCC1=O. The lowest BCUT2D eigenvalue weighted by atomic mass is 9.96. The van der Waals surface area contributed by atoms with Crippen LogP contribution in [0.4, 0.5) is 11.4 Å². The molecule has 2 rings (SSSR count). The first-order chi connectivity index (χ1) is 11.4. The summed E-state index contributed by atoms with van der Waals surface area (Å²) in [7, 11) is 0. The summed E-state index contributed by atoms with van der Waals surface area (Å²) in [5, 5.41) is 14.7. The van der Waals surface area contributed by atoms with Gasteiger partial charge in [-0.3, -0.25) is 9.59 Å². The molecular formula is C17H17ClN2O4. The molecule has 6 nitrogen and oxygen atoms in total. The van der Waals surface area contributed by atoms with Crippen molar-refractivity contribution >= 4 is 40.6 Å². The molecule has 0 atom stereocenters. The largest absolute Gasteiger partial charge is 0.478 e. The molecule has 0 spiro atoms. The van der Waals surface area contributed by atoms with Crippen molar-refractivity contribution in [3.8, 4) is 0 Å². The third-order valence-corrected chi connectivity index (χ3v) is 3.93. The molecule has 1 aliphatic rings. The number of nitrogens with one attached hydrogen (secondary N) is 2. The lowest BCUT2D eigenvalue weighted by Crippen LogP contribution is -2.15. The maximum atomic E-state index is 11.8. The molecule has 0 saturated carbocycles. The van der Waals surface area contributed by atoms with E-state index in [1.807, 2.05) is 0 Å². The number of carboxylic acids is 1. The minimum absolute atomic E-state index is 0.114. The molecule has 24 heavy (non-hydrogen) atoms. The smallest absolute Gasteiger partial charge is 0.328 e. The van der Waals surface area contributed by atoms with Gasteiger partial charge in [0.1, 0.15) is 0 Å². The van der Waals surface area contributed by atoms with Crippen molar-refractivity contribution in [1.82, 2.24) is 0 Å². The van der Waals surface area contributed by atoms with E-state index in [0.29, 0.717) is 28.4 Å². The highest BCUT2D eigenvalue weighted by molar-refractivity contribution is 6.33. The zero-order valence-electron chi connectivity index (χ0n) is 13.1. The fraction of sp³-hybridized carbons (Fsp3) is 0.235. The minimum atomic E-state index is -1.20. The Labute approximate surface area is 144 Å². The normalized spacial score (nSPS) is 14.8. The Bertz CT molecular complexity index is 753. The number of benzene rings is 1. The molecule has 7 heteroatoms. The standard InChI is InChI=1S/C17H17ClN2O4/c1-10-13(3-2-4-15(10)21)20-14-9-11(5-6-12(14)18)19-16(22)7-8-17(23)24/h5-9,20H,2-4H2,1H3,(H,19,22)(H,23,24)/b8-7-. The van der Waals surface area contributed by atoms with Crippen molar-refractivity contribution in [2.75, 3.05) is 10.6 Å². The van der Waals surface area contributed by atoms with Crippen LogP contribution in [0.3, 0.4) is 0 Å². The van der Waals surface area contributed by atoms with Gasteiger partial charge >= 0.3 is 5.97 Å². The van der Waals surface area contributed by atoms with Crippen molar-refractivity contribution in [2.24, 2.45) is 0 Å². The molecule has 0 aliphatic heterocycles. The predicted molar refractivity (Wildman–Crippen MR) is 92.0 cm³/mol. The van der Waals surface area contributed by atoms with Gasteiger partial charge in [0.05, 0.1) is 10.7 Å². The molecule has 0 aromatic heterocycles. The molecule has 0 saturated heterocycles. The van der Waals surface area contributed by atoms with Crippen LogP contribution in [0.25, 0.3) is 0 Å². The van der Waals surface area contributed by atoms with Gasteiger partial charge in [-0.1, -0.05) is 11.6 Å². The number of hydrogen-bond acceptors (Lipinski definition) is 4. The number of ketones is 1. The summed E-state index contributed by atoms with van der Waals surface area (Å²) < 4.78 is 0. The lowest BCUT2D eigenvalue weighted by molar-refractivity contribution is -0.131. The molecule has 1 aromatic rings. The van der Waals surface area contributed by atoms with Crippen LogP contribution in [0.1, 0.15) is 26.2 Å². The number of rotatable bonds is 5. The monoisotopic (exact) mass is 348 g/mol. The van der Waals surface area contributed by atoms with Crippen molar-refractivity contribution in [3.05, 3.63) is 46.6 Å². The van der Waals surface area contributed by atoms with Crippen LogP contribution >= 0.6 is 11.6 Å². The molecule has 0 heterocycles. The van der Waals surface area contributed by atoms with Crippen LogP contribution < -0.4 is 10.6 Å². The first-order valence-corrected chi connectivity index (χ1v) is 7.76. The molecule has 0 bridgehead atoms. The maximum Gasteiger partial charge on any atom is 0.328 e. The molecule has 0 radical (unpaired) electrons. The molecule has 3 N–H and O–H groups in total. The van der Waals surface area contributed by atoms with Gasteiger partial charge in [-0.25, -0.2) is 4.79 Å². The molecule has 126 valence electrons. The second-order valence-electron chi connectivity index (χ2n) is 5.36. The van der Waals surface area contributed by atoms with Crippen LogP contribution in [0, 0.1) is 0 Å². The van der Waals surface area contributed by atoms with E-state index in [1.54, 1.807) is 25.1 Å². The average Bonchev–Trinajstić information content (AvgIpc) is 2.53. The summed E-state index contributed by atoms with van der Waals surface area (Å²) in [6, 6.07) is 4.85. The number of halogens is 1. The second kappa shape index (κ2) is 7.79. The molecule has 1 aliphatic carbocycles. The summed E-state index contributed by atoms with van der Waals surface area (Å²) in [6.07, 6.45) is 3.78. The molecule has 0 fully saturated rings.